The molecule has 4 rings (SSSR count). The van der Waals surface area contributed by atoms with E-state index < -0.39 is 21.4 Å². The van der Waals surface area contributed by atoms with E-state index in [2.05, 4.69) is 10.4 Å². The predicted octanol–water partition coefficient (Wildman–Crippen LogP) is 1.68. The number of aromatic nitrogens is 2. The highest BCUT2D eigenvalue weighted by molar-refractivity contribution is 7.91. The molecule has 9 nitrogen and oxygen atoms in total. The number of benzene rings is 1. The highest BCUT2D eigenvalue weighted by atomic mass is 32.2. The van der Waals surface area contributed by atoms with E-state index in [1.54, 1.807) is 41.9 Å². The van der Waals surface area contributed by atoms with Crippen LogP contribution in [0.2, 0.25) is 0 Å². The zero-order valence-electron chi connectivity index (χ0n) is 15.6. The van der Waals surface area contributed by atoms with Gasteiger partial charge in [0.15, 0.2) is 16.4 Å². The predicted molar refractivity (Wildman–Crippen MR) is 106 cm³/mol. The lowest BCUT2D eigenvalue weighted by molar-refractivity contribution is -0.118. The first-order chi connectivity index (χ1) is 13.8. The van der Waals surface area contributed by atoms with Crippen LogP contribution in [0.15, 0.2) is 45.6 Å². The number of fused-ring (bicyclic) bond motifs is 1. The highest BCUT2D eigenvalue weighted by Crippen LogP contribution is 2.27. The van der Waals surface area contributed by atoms with Gasteiger partial charge in [-0.1, -0.05) is 0 Å². The minimum Gasteiger partial charge on any atom is -0.484 e. The van der Waals surface area contributed by atoms with Crippen LogP contribution >= 0.6 is 0 Å². The van der Waals surface area contributed by atoms with Gasteiger partial charge >= 0.3 is 5.63 Å². The molecule has 29 heavy (non-hydrogen) atoms. The fourth-order valence-electron chi connectivity index (χ4n) is 3.32. The van der Waals surface area contributed by atoms with Gasteiger partial charge in [-0.15, -0.1) is 0 Å². The maximum atomic E-state index is 12.3. The monoisotopic (exact) mass is 417 g/mol. The summed E-state index contributed by atoms with van der Waals surface area (Å²) in [6, 6.07) is 9.31. The van der Waals surface area contributed by atoms with Crippen LogP contribution in [0.5, 0.6) is 5.75 Å². The number of hydrogen-bond donors (Lipinski definition) is 1. The summed E-state index contributed by atoms with van der Waals surface area (Å²) < 4.78 is 35.7. The molecule has 3 heterocycles. The largest absolute Gasteiger partial charge is 0.484 e. The van der Waals surface area contributed by atoms with E-state index >= 15 is 0 Å². The first-order valence-electron chi connectivity index (χ1n) is 9.02. The van der Waals surface area contributed by atoms with Gasteiger partial charge in [0.25, 0.3) is 5.91 Å². The van der Waals surface area contributed by atoms with Crippen molar-refractivity contribution >= 4 is 32.5 Å². The molecule has 0 saturated carbocycles. The van der Waals surface area contributed by atoms with Crippen LogP contribution in [0.1, 0.15) is 18.2 Å². The van der Waals surface area contributed by atoms with Crippen LogP contribution in [0.4, 0.5) is 5.82 Å². The maximum Gasteiger partial charge on any atom is 0.336 e. The molecule has 0 bridgehead atoms. The van der Waals surface area contributed by atoms with Gasteiger partial charge in [0.2, 0.25) is 0 Å². The van der Waals surface area contributed by atoms with Crippen molar-refractivity contribution in [1.29, 1.82) is 0 Å². The summed E-state index contributed by atoms with van der Waals surface area (Å²) in [5.74, 6) is 0.527. The second-order valence-corrected chi connectivity index (χ2v) is 9.19. The number of amides is 1. The van der Waals surface area contributed by atoms with Crippen LogP contribution < -0.4 is 15.7 Å². The van der Waals surface area contributed by atoms with Gasteiger partial charge in [-0.25, -0.2) is 17.9 Å². The molecule has 152 valence electrons. The average Bonchev–Trinajstić information content (AvgIpc) is 3.21. The third kappa shape index (κ3) is 4.32. The molecule has 1 fully saturated rings. The second kappa shape index (κ2) is 7.36. The lowest BCUT2D eigenvalue weighted by Crippen LogP contribution is -2.23. The van der Waals surface area contributed by atoms with Gasteiger partial charge < -0.3 is 14.5 Å². The third-order valence-corrected chi connectivity index (χ3v) is 6.39. The summed E-state index contributed by atoms with van der Waals surface area (Å²) >= 11 is 0. The highest BCUT2D eigenvalue weighted by Gasteiger charge is 2.31. The molecular formula is C19H19N3O6S. The Morgan fingerprint density at radius 1 is 1.31 bits per heavy atom. The van der Waals surface area contributed by atoms with Crippen molar-refractivity contribution < 1.29 is 22.4 Å². The summed E-state index contributed by atoms with van der Waals surface area (Å²) in [6.45, 7) is 1.50. The van der Waals surface area contributed by atoms with Gasteiger partial charge in [-0.2, -0.15) is 5.10 Å². The third-order valence-electron chi connectivity index (χ3n) is 4.64. The summed E-state index contributed by atoms with van der Waals surface area (Å²) in [6.07, 6.45) is 0.463. The molecule has 10 heteroatoms. The molecule has 1 aliphatic rings. The lowest BCUT2D eigenvalue weighted by Gasteiger charge is -2.14. The minimum atomic E-state index is -3.08. The number of sulfone groups is 1. The Morgan fingerprint density at radius 3 is 2.86 bits per heavy atom. The minimum absolute atomic E-state index is 0.00970. The zero-order valence-corrected chi connectivity index (χ0v) is 16.4. The van der Waals surface area contributed by atoms with E-state index in [1.807, 2.05) is 0 Å². The second-order valence-electron chi connectivity index (χ2n) is 6.96. The molecule has 1 amide bonds. The van der Waals surface area contributed by atoms with Crippen LogP contribution in [0, 0.1) is 6.92 Å². The maximum absolute atomic E-state index is 12.3. The Hall–Kier alpha value is -3.14. The number of nitrogens with zero attached hydrogens (tertiary/aromatic N) is 2. The van der Waals surface area contributed by atoms with E-state index in [0.29, 0.717) is 29.3 Å². The number of anilines is 1. The molecule has 1 saturated heterocycles. The molecule has 3 aromatic rings. The van der Waals surface area contributed by atoms with Crippen LogP contribution in [0.25, 0.3) is 11.0 Å². The number of rotatable bonds is 5. The molecule has 1 aliphatic heterocycles. The molecule has 0 spiro atoms. The van der Waals surface area contributed by atoms with Gasteiger partial charge in [0.1, 0.15) is 17.2 Å². The van der Waals surface area contributed by atoms with Crippen molar-refractivity contribution in [1.82, 2.24) is 9.78 Å². The average molecular weight is 417 g/mol. The van der Waals surface area contributed by atoms with Crippen LogP contribution in [-0.2, 0) is 14.6 Å². The van der Waals surface area contributed by atoms with Crippen molar-refractivity contribution in [2.24, 2.45) is 0 Å². The Balaban J connectivity index is 1.43. The molecule has 1 aromatic carbocycles. The van der Waals surface area contributed by atoms with Crippen LogP contribution in [0.3, 0.4) is 0 Å². The fraction of sp³-hybridized carbons (Fsp3) is 0.316. The Labute approximate surface area is 166 Å². The van der Waals surface area contributed by atoms with Gasteiger partial charge in [0, 0.05) is 23.6 Å². The Kier molecular flexibility index (Phi) is 4.87. The fourth-order valence-corrected chi connectivity index (χ4v) is 5.01. The Bertz CT molecular complexity index is 1240. The number of nitrogens with one attached hydrogen (secondary N) is 1. The number of ether oxygens (including phenoxy) is 1. The van der Waals surface area contributed by atoms with Crippen molar-refractivity contribution in [2.75, 3.05) is 23.4 Å². The summed E-state index contributed by atoms with van der Waals surface area (Å²) in [4.78, 5) is 23.7. The molecule has 1 N–H and O–H groups in total. The van der Waals surface area contributed by atoms with Crippen molar-refractivity contribution in [3.05, 3.63) is 52.5 Å². The van der Waals surface area contributed by atoms with E-state index in [0.717, 1.165) is 5.39 Å². The summed E-state index contributed by atoms with van der Waals surface area (Å²) in [7, 11) is -3.08. The Morgan fingerprint density at radius 2 is 2.10 bits per heavy atom. The van der Waals surface area contributed by atoms with Crippen molar-refractivity contribution in [2.45, 2.75) is 19.4 Å². The smallest absolute Gasteiger partial charge is 0.336 e. The zero-order chi connectivity index (χ0) is 20.6. The summed E-state index contributed by atoms with van der Waals surface area (Å²) in [5, 5.41) is 7.79. The summed E-state index contributed by atoms with van der Waals surface area (Å²) in [5.41, 5.74) is 0.576. The van der Waals surface area contributed by atoms with Crippen molar-refractivity contribution in [3.63, 3.8) is 0 Å². The molecule has 0 radical (unpaired) electrons. The molecule has 2 aromatic heterocycles. The molecule has 0 aliphatic carbocycles. The molecule has 1 atom stereocenters. The van der Waals surface area contributed by atoms with E-state index in [1.165, 1.54) is 6.07 Å². The number of aryl methyl sites for hydroxylation is 1. The number of carbonyl (C=O) groups excluding carboxylic acids is 1. The number of hydrogen-bond acceptors (Lipinski definition) is 7. The standard InChI is InChI=1S/C19H19N3O6S/c1-12-8-17(22(21-12)14-6-7-29(25,26)11-14)20-18(23)10-27-15-4-2-13-3-5-19(24)28-16(13)9-15/h2-5,8-9,14H,6-7,10-11H2,1H3,(H,20,23). The van der Waals surface area contributed by atoms with E-state index in [9.17, 15) is 18.0 Å². The lowest BCUT2D eigenvalue weighted by atomic mass is 10.2. The normalized spacial score (nSPS) is 18.0. The van der Waals surface area contributed by atoms with E-state index in [-0.39, 0.29) is 24.2 Å². The van der Waals surface area contributed by atoms with Gasteiger partial charge in [-0.3, -0.25) is 4.79 Å². The first kappa shape index (κ1) is 19.2. The molecule has 1 unspecified atom stereocenters. The molecular weight excluding hydrogens is 398 g/mol. The first-order valence-corrected chi connectivity index (χ1v) is 10.8. The SMILES string of the molecule is Cc1cc(NC(=O)COc2ccc3ccc(=O)oc3c2)n(C2CCS(=O)(=O)C2)n1. The van der Waals surface area contributed by atoms with Gasteiger partial charge in [-0.05, 0) is 31.5 Å². The van der Waals surface area contributed by atoms with Crippen LogP contribution in [-0.4, -0.2) is 42.2 Å². The number of carbonyl (C=O) groups is 1. The van der Waals surface area contributed by atoms with Crippen molar-refractivity contribution in [3.8, 4) is 5.75 Å². The quantitative estimate of drug-likeness (QED) is 0.627. The van der Waals surface area contributed by atoms with E-state index in [4.69, 9.17) is 9.15 Å². The van der Waals surface area contributed by atoms with Gasteiger partial charge in [0.05, 0.1) is 23.2 Å². The topological polar surface area (TPSA) is 120 Å².